The molecule has 8 bridgehead atoms. The molecule has 2 aliphatic heterocycles. The molecule has 17 rings (SSSR count). The lowest BCUT2D eigenvalue weighted by Crippen LogP contribution is -2.02. The van der Waals surface area contributed by atoms with Crippen LogP contribution in [0.1, 0.15) is 222 Å². The van der Waals surface area contributed by atoms with Crippen molar-refractivity contribution in [3.8, 4) is 90.5 Å². The molecule has 0 unspecified atom stereocenters. The molecule has 2 aliphatic rings. The zero-order chi connectivity index (χ0) is 97.7. The van der Waals surface area contributed by atoms with Crippen molar-refractivity contribution in [1.29, 1.82) is 0 Å². The largest absolute Gasteiger partial charge is 0.493 e. The van der Waals surface area contributed by atoms with Crippen LogP contribution in [0, 0.1) is 0 Å². The van der Waals surface area contributed by atoms with Crippen LogP contribution in [-0.2, 0) is 51.4 Å². The van der Waals surface area contributed by atoms with Gasteiger partial charge in [0, 0.05) is 217 Å². The van der Waals surface area contributed by atoms with E-state index in [0.717, 1.165) is 318 Å². The minimum absolute atomic E-state index is 0.466. The van der Waals surface area contributed by atoms with E-state index in [2.05, 4.69) is 187 Å². The topological polar surface area (TPSA) is 337 Å². The first kappa shape index (κ1) is 100. The fourth-order valence-corrected chi connectivity index (χ4v) is 17.8. The van der Waals surface area contributed by atoms with Gasteiger partial charge in [-0.15, -0.1) is 0 Å². The van der Waals surface area contributed by atoms with Crippen LogP contribution >= 0.6 is 0 Å². The van der Waals surface area contributed by atoms with Crippen LogP contribution in [0.2, 0.25) is 0 Å². The zero-order valence-electron chi connectivity index (χ0n) is 82.0. The van der Waals surface area contributed by atoms with Crippen molar-refractivity contribution >= 4 is 46.4 Å². The summed E-state index contributed by atoms with van der Waals surface area (Å²) < 4.78 is 55.5. The average molecular weight is 1930 g/mol. The predicted octanol–water partition coefficient (Wildman–Crippen LogP) is 24.0. The van der Waals surface area contributed by atoms with E-state index in [0.29, 0.717) is 122 Å². The summed E-state index contributed by atoms with van der Waals surface area (Å²) in [6.07, 6.45) is 78.9. The number of fused-ring (bicyclic) bond motifs is 8. The molecule has 28 heteroatoms. The molecule has 11 aromatic heterocycles. The Hall–Kier alpha value is -15.5. The third kappa shape index (κ3) is 31.3. The molecule has 2 N–H and O–H groups in total. The van der Waals surface area contributed by atoms with Crippen LogP contribution < -0.4 is 37.9 Å². The van der Waals surface area contributed by atoms with Crippen molar-refractivity contribution in [3.63, 3.8) is 0 Å². The molecule has 13 heterocycles. The van der Waals surface area contributed by atoms with Gasteiger partial charge in [-0.1, -0.05) is 0 Å². The van der Waals surface area contributed by atoms with Crippen LogP contribution in [0.3, 0.4) is 0 Å². The molecule has 0 saturated heterocycles. The summed E-state index contributed by atoms with van der Waals surface area (Å²) in [5, 5.41) is 0. The van der Waals surface area contributed by atoms with Gasteiger partial charge in [0.1, 0.15) is 46.0 Å². The fraction of sp³-hybridized carbons (Fsp3) is 0.345. The first-order valence-corrected chi connectivity index (χ1v) is 51.2. The Kier molecular flexibility index (Phi) is 38.3. The molecule has 0 spiro atoms. The number of nitrogens with one attached hydrogen (secondary N) is 2. The maximum atomic E-state index is 6.94. The standard InChI is InChI=1S/C116H126N20O8/c1(9-25-89-77-117-41-49-125-89)17-57-137-97-65-85(66-98(73-97)138-58-18-2-10-26-90-78-118-42-50-126-90)113-105-33-35-107(133-105)114(86-67-99(139-59-19-3-11-27-91-79-119-43-51-127-91)74-100(68-86)140-60-20-4-12-28-92-80-120-44-52-128-92)109-37-39-111(135-109)116(88-71-103(143-63-23-7-15-31-95-83-123-47-55-131-95)76-104(72-88)144-64-24-8-16-32-96-84-124-48-56-132-96)112-40-38-110(136-112)115(108-36-34-106(113)134-108)87-69-101(141-61-21-5-13-29-93-81-121-45-53-129-93)75-102(70-87)142-62-22-6-14-30-94-82-122-46-54-130-94/h33-56,65-84,133,136H,1-32,57-64H2. The number of ether oxygens (including phenoxy) is 8. The van der Waals surface area contributed by atoms with Crippen LogP contribution in [0.4, 0.5) is 0 Å². The van der Waals surface area contributed by atoms with Gasteiger partial charge >= 0.3 is 0 Å². The quantitative estimate of drug-likeness (QED) is 0.0334. The van der Waals surface area contributed by atoms with E-state index in [9.17, 15) is 0 Å². The van der Waals surface area contributed by atoms with E-state index >= 15 is 0 Å². The molecule has 738 valence electrons. The number of rotatable bonds is 60. The first-order chi connectivity index (χ1) is 71.4. The van der Waals surface area contributed by atoms with Gasteiger partial charge in [-0.25, -0.2) is 9.97 Å². The van der Waals surface area contributed by atoms with E-state index < -0.39 is 0 Å². The summed E-state index contributed by atoms with van der Waals surface area (Å²) in [6.45, 7) is 3.72. The van der Waals surface area contributed by atoms with Crippen LogP contribution in [-0.4, -0.2) is 153 Å². The fourth-order valence-electron chi connectivity index (χ4n) is 17.8. The summed E-state index contributed by atoms with van der Waals surface area (Å²) in [5.74, 6) is 5.25. The molecular formula is C116H126N20O8. The lowest BCUT2D eigenvalue weighted by Gasteiger charge is -2.15. The highest BCUT2D eigenvalue weighted by Crippen LogP contribution is 2.44. The number of unbranched alkanes of at least 4 members (excludes halogenated alkanes) is 16. The summed E-state index contributed by atoms with van der Waals surface area (Å²) in [7, 11) is 0. The normalized spacial score (nSPS) is 11.6. The van der Waals surface area contributed by atoms with Crippen molar-refractivity contribution < 1.29 is 37.9 Å². The van der Waals surface area contributed by atoms with Crippen molar-refractivity contribution in [2.75, 3.05) is 52.9 Å². The second kappa shape index (κ2) is 55.1. The van der Waals surface area contributed by atoms with Gasteiger partial charge < -0.3 is 47.9 Å². The number of aryl methyl sites for hydroxylation is 8. The van der Waals surface area contributed by atoms with Gasteiger partial charge in [0.15, 0.2) is 0 Å². The van der Waals surface area contributed by atoms with Crippen LogP contribution in [0.25, 0.3) is 90.9 Å². The number of H-pyrrole nitrogens is 2. The minimum atomic E-state index is 0.466. The number of benzene rings is 4. The van der Waals surface area contributed by atoms with E-state index in [1.165, 1.54) is 0 Å². The van der Waals surface area contributed by atoms with Crippen LogP contribution in [0.5, 0.6) is 46.0 Å². The third-order valence-corrected chi connectivity index (χ3v) is 25.1. The second-order valence-electron chi connectivity index (χ2n) is 36.1. The van der Waals surface area contributed by atoms with Crippen LogP contribution in [0.15, 0.2) is 246 Å². The molecule has 0 radical (unpaired) electrons. The Bertz CT molecular complexity index is 5630. The summed E-state index contributed by atoms with van der Waals surface area (Å²) in [6, 6.07) is 33.7. The molecule has 144 heavy (non-hydrogen) atoms. The molecule has 0 saturated carbocycles. The molecule has 0 fully saturated rings. The van der Waals surface area contributed by atoms with Crippen molar-refractivity contribution in [2.24, 2.45) is 0 Å². The summed E-state index contributed by atoms with van der Waals surface area (Å²) in [4.78, 5) is 91.2. The molecular weight excluding hydrogens is 1800 g/mol. The lowest BCUT2D eigenvalue weighted by atomic mass is 10.0. The summed E-state index contributed by atoms with van der Waals surface area (Å²) >= 11 is 0. The number of hydrogen-bond acceptors (Lipinski definition) is 26. The van der Waals surface area contributed by atoms with E-state index in [4.69, 9.17) is 47.9 Å². The Balaban J connectivity index is 0.830. The Morgan fingerprint density at radius 2 is 0.333 bits per heavy atom. The number of hydrogen-bond donors (Lipinski definition) is 2. The SMILES string of the molecule is C1=Cc2nc1c(-c1cc(OCCCCCc3cnccn3)cc(OCCCCCc3cnccn3)c1)c1ccc([nH]1)c(-c1cc(OCCCCCc3cnccn3)cc(OCCCCCc3cnccn3)c1)c1nc(c(-c3cc(OCCCCCc4cnccn4)cc(OCCCCCc4cnccn4)c3)c3ccc([nH]3)c2-c2cc(OCCCCCc3cnccn3)cc(OCCCCCc3cnccn3)c2)C=C1. The third-order valence-electron chi connectivity index (χ3n) is 25.1. The Morgan fingerprint density at radius 1 is 0.174 bits per heavy atom. The zero-order valence-corrected chi connectivity index (χ0v) is 82.0. The smallest absolute Gasteiger partial charge is 0.123 e. The Morgan fingerprint density at radius 3 is 0.479 bits per heavy atom. The molecule has 15 aromatic rings. The molecule has 28 nitrogen and oxygen atoms in total. The first-order valence-electron chi connectivity index (χ1n) is 51.2. The highest BCUT2D eigenvalue weighted by molar-refractivity contribution is 6.00. The molecule has 4 aromatic carbocycles. The van der Waals surface area contributed by atoms with E-state index in [1.54, 1.807) is 99.1 Å². The summed E-state index contributed by atoms with van der Waals surface area (Å²) in [5.41, 5.74) is 20.0. The molecule has 0 atom stereocenters. The highest BCUT2D eigenvalue weighted by Gasteiger charge is 2.24. The monoisotopic (exact) mass is 1930 g/mol. The van der Waals surface area contributed by atoms with Crippen molar-refractivity contribution in [1.82, 2.24) is 99.7 Å². The van der Waals surface area contributed by atoms with Gasteiger partial charge in [-0.3, -0.25) is 79.7 Å². The number of aromatic nitrogens is 20. The maximum Gasteiger partial charge on any atom is 0.123 e. The number of aromatic amines is 2. The highest BCUT2D eigenvalue weighted by atomic mass is 16.5. The van der Waals surface area contributed by atoms with Gasteiger partial charge in [0.2, 0.25) is 0 Å². The van der Waals surface area contributed by atoms with Gasteiger partial charge in [-0.05, 0) is 325 Å². The number of nitrogens with zero attached hydrogens (tertiary/aromatic N) is 18. The minimum Gasteiger partial charge on any atom is -0.493 e. The van der Waals surface area contributed by atoms with Gasteiger partial charge in [0.25, 0.3) is 0 Å². The van der Waals surface area contributed by atoms with E-state index in [-0.39, 0.29) is 0 Å². The second-order valence-corrected chi connectivity index (χ2v) is 36.1. The predicted molar refractivity (Wildman–Crippen MR) is 561 cm³/mol. The average Bonchev–Trinajstić information content (AvgIpc) is 1.60. The van der Waals surface area contributed by atoms with E-state index in [1.807, 2.05) is 73.8 Å². The van der Waals surface area contributed by atoms with Crippen molar-refractivity contribution in [2.45, 2.75) is 205 Å². The molecule has 0 aliphatic carbocycles. The van der Waals surface area contributed by atoms with Crippen molar-refractivity contribution in [3.05, 3.63) is 314 Å². The lowest BCUT2D eigenvalue weighted by molar-refractivity contribution is 0.290. The molecule has 0 amide bonds. The van der Waals surface area contributed by atoms with Gasteiger partial charge in [-0.2, -0.15) is 0 Å². The maximum absolute atomic E-state index is 6.94. The Labute approximate surface area is 842 Å². The van der Waals surface area contributed by atoms with Gasteiger partial charge in [0.05, 0.1) is 121 Å².